The molecule has 16 heavy (non-hydrogen) atoms. The molecule has 3 unspecified atom stereocenters. The van der Waals surface area contributed by atoms with Gasteiger partial charge in [0, 0.05) is 12.6 Å². The molecule has 1 rings (SSSR count). The van der Waals surface area contributed by atoms with Gasteiger partial charge in [-0.2, -0.15) is 0 Å². The van der Waals surface area contributed by atoms with E-state index in [0.29, 0.717) is 24.4 Å². The lowest BCUT2D eigenvalue weighted by atomic mass is 9.77. The maximum absolute atomic E-state index is 9.77. The second kappa shape index (κ2) is 5.99. The molecule has 0 aromatic rings. The monoisotopic (exact) mass is 229 g/mol. The molecule has 0 aromatic carbocycles. The molecule has 0 saturated heterocycles. The lowest BCUT2D eigenvalue weighted by Crippen LogP contribution is -2.49. The number of hydrogen-bond acceptors (Lipinski definition) is 3. The van der Waals surface area contributed by atoms with E-state index in [1.165, 1.54) is 25.7 Å². The van der Waals surface area contributed by atoms with Crippen LogP contribution in [0.5, 0.6) is 0 Å². The maximum Gasteiger partial charge on any atom is 0.0972 e. The van der Waals surface area contributed by atoms with Gasteiger partial charge >= 0.3 is 0 Å². The Morgan fingerprint density at radius 2 is 1.94 bits per heavy atom. The summed E-state index contributed by atoms with van der Waals surface area (Å²) in [6, 6.07) is 0.506. The van der Waals surface area contributed by atoms with Gasteiger partial charge in [0.25, 0.3) is 0 Å². The van der Waals surface area contributed by atoms with Gasteiger partial charge in [0.05, 0.1) is 12.2 Å². The van der Waals surface area contributed by atoms with Crippen LogP contribution in [0.3, 0.4) is 0 Å². The average Bonchev–Trinajstić information content (AvgIpc) is 2.27. The Hall–Kier alpha value is -0.120. The molecule has 0 heterocycles. The highest BCUT2D eigenvalue weighted by Gasteiger charge is 2.29. The van der Waals surface area contributed by atoms with E-state index in [0.717, 1.165) is 0 Å². The van der Waals surface area contributed by atoms with Crippen LogP contribution < -0.4 is 5.32 Å². The first kappa shape index (κ1) is 13.9. The van der Waals surface area contributed by atoms with Gasteiger partial charge in [0.15, 0.2) is 0 Å². The normalized spacial score (nSPS) is 30.4. The van der Waals surface area contributed by atoms with E-state index in [2.05, 4.69) is 19.2 Å². The third-order valence-electron chi connectivity index (χ3n) is 3.76. The summed E-state index contributed by atoms with van der Waals surface area (Å²) in [6.45, 7) is 6.52. The Morgan fingerprint density at radius 1 is 1.31 bits per heavy atom. The molecule has 3 N–H and O–H groups in total. The van der Waals surface area contributed by atoms with E-state index >= 15 is 0 Å². The van der Waals surface area contributed by atoms with Gasteiger partial charge < -0.3 is 15.5 Å². The lowest BCUT2D eigenvalue weighted by molar-refractivity contribution is -0.00287. The molecule has 96 valence electrons. The van der Waals surface area contributed by atoms with Gasteiger partial charge in [-0.1, -0.05) is 26.7 Å². The predicted octanol–water partition coefficient (Wildman–Crippen LogP) is 1.53. The third kappa shape index (κ3) is 4.04. The number of aliphatic hydroxyl groups excluding tert-OH is 1. The molecule has 1 saturated carbocycles. The van der Waals surface area contributed by atoms with Gasteiger partial charge in [-0.25, -0.2) is 0 Å². The molecule has 1 aliphatic rings. The van der Waals surface area contributed by atoms with Crippen molar-refractivity contribution in [3.05, 3.63) is 0 Å². The van der Waals surface area contributed by atoms with Crippen LogP contribution in [-0.2, 0) is 0 Å². The molecule has 3 nitrogen and oxygen atoms in total. The largest absolute Gasteiger partial charge is 0.393 e. The van der Waals surface area contributed by atoms with Crippen molar-refractivity contribution in [1.29, 1.82) is 0 Å². The predicted molar refractivity (Wildman–Crippen MR) is 66.3 cm³/mol. The van der Waals surface area contributed by atoms with E-state index in [9.17, 15) is 5.11 Å². The van der Waals surface area contributed by atoms with E-state index in [1.54, 1.807) is 6.92 Å². The van der Waals surface area contributed by atoms with Gasteiger partial charge in [-0.3, -0.25) is 0 Å². The van der Waals surface area contributed by atoms with Crippen LogP contribution in [0.4, 0.5) is 0 Å². The SMILES string of the molecule is CC(C)C1CCCCC1NCC(C)(O)CO. The zero-order chi connectivity index (χ0) is 12.2. The van der Waals surface area contributed by atoms with Gasteiger partial charge in [-0.15, -0.1) is 0 Å². The minimum Gasteiger partial charge on any atom is -0.393 e. The molecular formula is C13H27NO2. The van der Waals surface area contributed by atoms with Crippen molar-refractivity contribution in [3.8, 4) is 0 Å². The first-order valence-electron chi connectivity index (χ1n) is 6.53. The fourth-order valence-corrected chi connectivity index (χ4v) is 2.62. The summed E-state index contributed by atoms with van der Waals surface area (Å²) < 4.78 is 0. The maximum atomic E-state index is 9.77. The molecule has 0 amide bonds. The summed E-state index contributed by atoms with van der Waals surface area (Å²) in [6.07, 6.45) is 5.10. The minimum atomic E-state index is -0.987. The number of hydrogen-bond donors (Lipinski definition) is 3. The van der Waals surface area contributed by atoms with Crippen molar-refractivity contribution in [2.45, 2.75) is 58.1 Å². The summed E-state index contributed by atoms with van der Waals surface area (Å²) in [7, 11) is 0. The van der Waals surface area contributed by atoms with Crippen molar-refractivity contribution < 1.29 is 10.2 Å². The number of nitrogens with one attached hydrogen (secondary N) is 1. The van der Waals surface area contributed by atoms with Crippen LogP contribution in [0, 0.1) is 11.8 Å². The Kier molecular flexibility index (Phi) is 5.22. The Balaban J connectivity index is 2.44. The van der Waals surface area contributed by atoms with Crippen molar-refractivity contribution in [2.75, 3.05) is 13.2 Å². The van der Waals surface area contributed by atoms with Crippen molar-refractivity contribution in [3.63, 3.8) is 0 Å². The first-order chi connectivity index (χ1) is 7.46. The van der Waals surface area contributed by atoms with Crippen molar-refractivity contribution >= 4 is 0 Å². The molecule has 0 spiro atoms. The van der Waals surface area contributed by atoms with Crippen molar-refractivity contribution in [2.24, 2.45) is 11.8 Å². The molecule has 0 bridgehead atoms. The molecule has 1 fully saturated rings. The first-order valence-corrected chi connectivity index (χ1v) is 6.53. The van der Waals surface area contributed by atoms with Gasteiger partial charge in [0.1, 0.15) is 0 Å². The molecule has 1 aliphatic carbocycles. The summed E-state index contributed by atoms with van der Waals surface area (Å²) in [5, 5.41) is 22.2. The van der Waals surface area contributed by atoms with Crippen LogP contribution in [0.2, 0.25) is 0 Å². The minimum absolute atomic E-state index is 0.181. The van der Waals surface area contributed by atoms with E-state index in [1.807, 2.05) is 0 Å². The molecule has 0 aliphatic heterocycles. The zero-order valence-corrected chi connectivity index (χ0v) is 10.9. The Labute approximate surface area is 99.3 Å². The van der Waals surface area contributed by atoms with Crippen LogP contribution in [-0.4, -0.2) is 35.0 Å². The van der Waals surface area contributed by atoms with Crippen LogP contribution >= 0.6 is 0 Å². The highest BCUT2D eigenvalue weighted by molar-refractivity contribution is 4.85. The summed E-state index contributed by atoms with van der Waals surface area (Å²) in [4.78, 5) is 0. The fraction of sp³-hybridized carbons (Fsp3) is 1.00. The van der Waals surface area contributed by atoms with Crippen LogP contribution in [0.25, 0.3) is 0 Å². The van der Waals surface area contributed by atoms with E-state index in [4.69, 9.17) is 5.11 Å². The highest BCUT2D eigenvalue weighted by Crippen LogP contribution is 2.30. The summed E-state index contributed by atoms with van der Waals surface area (Å²) in [5.74, 6) is 1.40. The fourth-order valence-electron chi connectivity index (χ4n) is 2.62. The topological polar surface area (TPSA) is 52.5 Å². The smallest absolute Gasteiger partial charge is 0.0972 e. The van der Waals surface area contributed by atoms with Crippen LogP contribution in [0.1, 0.15) is 46.5 Å². The number of aliphatic hydroxyl groups is 2. The standard InChI is InChI=1S/C13H27NO2/c1-10(2)11-6-4-5-7-12(11)14-8-13(3,16)9-15/h10-12,14-16H,4-9H2,1-3H3. The van der Waals surface area contributed by atoms with Gasteiger partial charge in [-0.05, 0) is 31.6 Å². The average molecular weight is 229 g/mol. The second-order valence-electron chi connectivity index (χ2n) is 5.83. The van der Waals surface area contributed by atoms with Gasteiger partial charge in [0.2, 0.25) is 0 Å². The number of rotatable bonds is 5. The Bertz CT molecular complexity index is 204. The van der Waals surface area contributed by atoms with E-state index in [-0.39, 0.29) is 6.61 Å². The molecule has 3 atom stereocenters. The quantitative estimate of drug-likeness (QED) is 0.670. The molecular weight excluding hydrogens is 202 g/mol. The second-order valence-corrected chi connectivity index (χ2v) is 5.83. The summed E-state index contributed by atoms with van der Waals surface area (Å²) >= 11 is 0. The molecule has 3 heteroatoms. The molecule has 0 radical (unpaired) electrons. The van der Waals surface area contributed by atoms with Crippen molar-refractivity contribution in [1.82, 2.24) is 5.32 Å². The Morgan fingerprint density at radius 3 is 2.50 bits per heavy atom. The zero-order valence-electron chi connectivity index (χ0n) is 10.9. The lowest BCUT2D eigenvalue weighted by Gasteiger charge is -2.36. The third-order valence-corrected chi connectivity index (χ3v) is 3.76. The van der Waals surface area contributed by atoms with E-state index < -0.39 is 5.60 Å². The van der Waals surface area contributed by atoms with Crippen LogP contribution in [0.15, 0.2) is 0 Å². The highest BCUT2D eigenvalue weighted by atomic mass is 16.3. The summed E-state index contributed by atoms with van der Waals surface area (Å²) in [5.41, 5.74) is -0.987. The molecule has 0 aromatic heterocycles.